The number of rotatable bonds is 4. The van der Waals surface area contributed by atoms with E-state index < -0.39 is 0 Å². The van der Waals surface area contributed by atoms with Gasteiger partial charge in [0.2, 0.25) is 0 Å². The van der Waals surface area contributed by atoms with Crippen LogP contribution < -0.4 is 0 Å². The lowest BCUT2D eigenvalue weighted by molar-refractivity contribution is 0.0787. The molecule has 1 amide bonds. The van der Waals surface area contributed by atoms with Gasteiger partial charge in [-0.3, -0.25) is 14.5 Å². The predicted octanol–water partition coefficient (Wildman–Crippen LogP) is 2.41. The minimum absolute atomic E-state index is 0.0155. The Morgan fingerprint density at radius 1 is 1.17 bits per heavy atom. The van der Waals surface area contributed by atoms with E-state index in [-0.39, 0.29) is 11.7 Å². The van der Waals surface area contributed by atoms with Gasteiger partial charge in [-0.15, -0.1) is 0 Å². The lowest BCUT2D eigenvalue weighted by Gasteiger charge is -2.34. The standard InChI is InChI=1S/C18H27N3O2/c1-13-7-14(2)11-20(10-13)12-17(22)15-8-16(19-9-15)18(23)21-5-3-4-6-21/h8-9,13-14,19H,3-7,10-12H2,1-2H3. The van der Waals surface area contributed by atoms with Gasteiger partial charge in [-0.1, -0.05) is 13.8 Å². The average Bonchev–Trinajstić information content (AvgIpc) is 3.17. The number of amides is 1. The number of hydrogen-bond donors (Lipinski definition) is 1. The fourth-order valence-electron chi connectivity index (χ4n) is 3.98. The maximum absolute atomic E-state index is 12.5. The summed E-state index contributed by atoms with van der Waals surface area (Å²) in [6.45, 7) is 8.56. The molecule has 2 saturated heterocycles. The highest BCUT2D eigenvalue weighted by atomic mass is 16.2. The van der Waals surface area contributed by atoms with E-state index in [1.165, 1.54) is 6.42 Å². The van der Waals surface area contributed by atoms with Crippen molar-refractivity contribution in [1.29, 1.82) is 0 Å². The molecule has 0 aromatic carbocycles. The first kappa shape index (κ1) is 16.2. The number of carbonyl (C=O) groups excluding carboxylic acids is 2. The predicted molar refractivity (Wildman–Crippen MR) is 89.6 cm³/mol. The molecule has 0 spiro atoms. The number of hydrogen-bond acceptors (Lipinski definition) is 3. The third kappa shape index (κ3) is 3.83. The Kier molecular flexibility index (Phi) is 4.85. The molecule has 1 aromatic heterocycles. The van der Waals surface area contributed by atoms with Crippen molar-refractivity contribution in [2.75, 3.05) is 32.7 Å². The fraction of sp³-hybridized carbons (Fsp3) is 0.667. The van der Waals surface area contributed by atoms with Gasteiger partial charge in [0, 0.05) is 37.9 Å². The molecule has 126 valence electrons. The summed E-state index contributed by atoms with van der Waals surface area (Å²) in [7, 11) is 0. The molecule has 2 aliphatic rings. The van der Waals surface area contributed by atoms with E-state index in [1.807, 2.05) is 4.90 Å². The Morgan fingerprint density at radius 3 is 2.48 bits per heavy atom. The van der Waals surface area contributed by atoms with Crippen molar-refractivity contribution in [2.24, 2.45) is 11.8 Å². The van der Waals surface area contributed by atoms with Crippen LogP contribution in [0.15, 0.2) is 12.3 Å². The molecule has 3 heterocycles. The zero-order valence-corrected chi connectivity index (χ0v) is 14.2. The number of aromatic amines is 1. The molecule has 2 aliphatic heterocycles. The van der Waals surface area contributed by atoms with E-state index in [0.29, 0.717) is 29.6 Å². The first-order chi connectivity index (χ1) is 11.0. The van der Waals surface area contributed by atoms with E-state index >= 15 is 0 Å². The van der Waals surface area contributed by atoms with E-state index in [9.17, 15) is 9.59 Å². The number of Topliss-reactive ketones (excluding diaryl/α,β-unsaturated/α-hetero) is 1. The van der Waals surface area contributed by atoms with Crippen LogP contribution >= 0.6 is 0 Å². The largest absolute Gasteiger partial charge is 0.356 e. The van der Waals surface area contributed by atoms with Crippen LogP contribution in [-0.2, 0) is 0 Å². The maximum atomic E-state index is 12.5. The Labute approximate surface area is 138 Å². The summed E-state index contributed by atoms with van der Waals surface area (Å²) in [5.41, 5.74) is 1.16. The van der Waals surface area contributed by atoms with Gasteiger partial charge in [0.05, 0.1) is 6.54 Å². The fourth-order valence-corrected chi connectivity index (χ4v) is 3.98. The minimum atomic E-state index is 0.0155. The number of aromatic nitrogens is 1. The zero-order chi connectivity index (χ0) is 16.4. The van der Waals surface area contributed by atoms with E-state index in [1.54, 1.807) is 12.3 Å². The van der Waals surface area contributed by atoms with Crippen LogP contribution in [0.4, 0.5) is 0 Å². The molecule has 2 fully saturated rings. The second kappa shape index (κ2) is 6.87. The van der Waals surface area contributed by atoms with Crippen molar-refractivity contribution < 1.29 is 9.59 Å². The molecule has 1 N–H and O–H groups in total. The Hall–Kier alpha value is -1.62. The molecule has 0 saturated carbocycles. The van der Waals surface area contributed by atoms with Crippen LogP contribution in [0.25, 0.3) is 0 Å². The first-order valence-electron chi connectivity index (χ1n) is 8.76. The van der Waals surface area contributed by atoms with Gasteiger partial charge in [0.1, 0.15) is 5.69 Å². The highest BCUT2D eigenvalue weighted by Crippen LogP contribution is 2.21. The molecule has 3 rings (SSSR count). The summed E-state index contributed by atoms with van der Waals surface area (Å²) < 4.78 is 0. The van der Waals surface area contributed by atoms with Crippen molar-refractivity contribution in [3.63, 3.8) is 0 Å². The molecule has 1 aromatic rings. The lowest BCUT2D eigenvalue weighted by atomic mass is 9.91. The number of carbonyl (C=O) groups is 2. The molecule has 23 heavy (non-hydrogen) atoms. The van der Waals surface area contributed by atoms with Crippen LogP contribution in [0.2, 0.25) is 0 Å². The maximum Gasteiger partial charge on any atom is 0.270 e. The number of nitrogens with one attached hydrogen (secondary N) is 1. The molecular weight excluding hydrogens is 290 g/mol. The Morgan fingerprint density at radius 2 is 1.83 bits per heavy atom. The second-order valence-corrected chi connectivity index (χ2v) is 7.36. The SMILES string of the molecule is CC1CC(C)CN(CC(=O)c2c[nH]c(C(=O)N3CCCC3)c2)C1. The average molecular weight is 317 g/mol. The minimum Gasteiger partial charge on any atom is -0.356 e. The van der Waals surface area contributed by atoms with Gasteiger partial charge in [0.25, 0.3) is 5.91 Å². The van der Waals surface area contributed by atoms with Gasteiger partial charge in [0.15, 0.2) is 5.78 Å². The highest BCUT2D eigenvalue weighted by molar-refractivity contribution is 6.01. The molecule has 5 nitrogen and oxygen atoms in total. The van der Waals surface area contributed by atoms with E-state index in [0.717, 1.165) is 39.0 Å². The summed E-state index contributed by atoms with van der Waals surface area (Å²) in [4.78, 5) is 31.9. The van der Waals surface area contributed by atoms with Crippen molar-refractivity contribution in [3.05, 3.63) is 23.5 Å². The van der Waals surface area contributed by atoms with Crippen molar-refractivity contribution in [2.45, 2.75) is 33.1 Å². The second-order valence-electron chi connectivity index (χ2n) is 7.36. The van der Waals surface area contributed by atoms with E-state index in [4.69, 9.17) is 0 Å². The molecular formula is C18H27N3O2. The Balaban J connectivity index is 1.60. The number of ketones is 1. The molecule has 0 radical (unpaired) electrons. The Bertz CT molecular complexity index is 565. The van der Waals surface area contributed by atoms with Crippen molar-refractivity contribution in [1.82, 2.24) is 14.8 Å². The molecule has 2 atom stereocenters. The number of nitrogens with zero attached hydrogens (tertiary/aromatic N) is 2. The van der Waals surface area contributed by atoms with E-state index in [2.05, 4.69) is 23.7 Å². The third-order valence-corrected chi connectivity index (χ3v) is 4.94. The van der Waals surface area contributed by atoms with Crippen LogP contribution in [0.1, 0.15) is 54.0 Å². The van der Waals surface area contributed by atoms with Gasteiger partial charge in [-0.05, 0) is 37.2 Å². The highest BCUT2D eigenvalue weighted by Gasteiger charge is 2.25. The van der Waals surface area contributed by atoms with Crippen LogP contribution in [0, 0.1) is 11.8 Å². The number of likely N-dealkylation sites (tertiary alicyclic amines) is 2. The van der Waals surface area contributed by atoms with Crippen molar-refractivity contribution >= 4 is 11.7 Å². The van der Waals surface area contributed by atoms with Crippen LogP contribution in [-0.4, -0.2) is 59.2 Å². The smallest absolute Gasteiger partial charge is 0.270 e. The summed E-state index contributed by atoms with van der Waals surface area (Å²) >= 11 is 0. The first-order valence-corrected chi connectivity index (χ1v) is 8.76. The van der Waals surface area contributed by atoms with Crippen molar-refractivity contribution in [3.8, 4) is 0 Å². The summed E-state index contributed by atoms with van der Waals surface area (Å²) in [6.07, 6.45) is 5.07. The number of H-pyrrole nitrogens is 1. The summed E-state index contributed by atoms with van der Waals surface area (Å²) in [5.74, 6) is 1.40. The quantitative estimate of drug-likeness (QED) is 0.868. The summed E-state index contributed by atoms with van der Waals surface area (Å²) in [6, 6.07) is 1.72. The van der Waals surface area contributed by atoms with Gasteiger partial charge >= 0.3 is 0 Å². The van der Waals surface area contributed by atoms with Gasteiger partial charge in [-0.2, -0.15) is 0 Å². The monoisotopic (exact) mass is 317 g/mol. The molecule has 0 bridgehead atoms. The molecule has 5 heteroatoms. The normalized spacial score (nSPS) is 25.7. The third-order valence-electron chi connectivity index (χ3n) is 4.94. The molecule has 0 aliphatic carbocycles. The van der Waals surface area contributed by atoms with Crippen LogP contribution in [0.5, 0.6) is 0 Å². The summed E-state index contributed by atoms with van der Waals surface area (Å²) in [5, 5.41) is 0. The number of piperidine rings is 1. The topological polar surface area (TPSA) is 56.4 Å². The molecule has 2 unspecified atom stereocenters. The van der Waals surface area contributed by atoms with Gasteiger partial charge in [-0.25, -0.2) is 0 Å². The lowest BCUT2D eigenvalue weighted by Crippen LogP contribution is -2.41. The van der Waals surface area contributed by atoms with Gasteiger partial charge < -0.3 is 9.88 Å². The van der Waals surface area contributed by atoms with Crippen LogP contribution in [0.3, 0.4) is 0 Å². The zero-order valence-electron chi connectivity index (χ0n) is 14.2.